The maximum absolute atomic E-state index is 13.1. The van der Waals surface area contributed by atoms with E-state index in [0.717, 1.165) is 15.9 Å². The Bertz CT molecular complexity index is 1400. The van der Waals surface area contributed by atoms with Gasteiger partial charge in [-0.15, -0.1) is 0 Å². The summed E-state index contributed by atoms with van der Waals surface area (Å²) in [7, 11) is -6.29. The van der Waals surface area contributed by atoms with E-state index in [9.17, 15) is 28.0 Å². The number of carboxylic acid groups (broad SMARTS) is 1. The molecule has 1 heterocycles. The van der Waals surface area contributed by atoms with Gasteiger partial charge in [-0.1, -0.05) is 35.3 Å². The number of nitrogens with zero attached hydrogens (tertiary/aromatic N) is 2. The van der Waals surface area contributed by atoms with Crippen LogP contribution >= 0.6 is 30.3 Å². The molecule has 9 nitrogen and oxygen atoms in total. The lowest BCUT2D eigenvalue weighted by Crippen LogP contribution is -2.38. The van der Waals surface area contributed by atoms with Crippen LogP contribution in [0, 0.1) is 0 Å². The minimum Gasteiger partial charge on any atom is -0.508 e. The molecule has 3 N–H and O–H groups in total. The second-order valence-corrected chi connectivity index (χ2v) is 14.4. The van der Waals surface area contributed by atoms with Gasteiger partial charge in [0.15, 0.2) is 0 Å². The zero-order valence-corrected chi connectivity index (χ0v) is 22.8. The Morgan fingerprint density at radius 2 is 1.86 bits per heavy atom. The van der Waals surface area contributed by atoms with Crippen molar-refractivity contribution in [3.05, 3.63) is 75.5 Å². The molecule has 0 saturated heterocycles. The molecule has 2 aromatic carbocycles. The monoisotopic (exact) mass is 573 g/mol. The van der Waals surface area contributed by atoms with E-state index in [0.29, 0.717) is 39.1 Å². The van der Waals surface area contributed by atoms with E-state index < -0.39 is 29.2 Å². The summed E-state index contributed by atoms with van der Waals surface area (Å²) in [5, 5.41) is 27.2. The van der Waals surface area contributed by atoms with E-state index in [1.165, 1.54) is 24.5 Å². The molecule has 0 spiro atoms. The summed E-state index contributed by atoms with van der Waals surface area (Å²) in [5.74, 6) is -1.07. The lowest BCUT2D eigenvalue weighted by molar-refractivity contribution is -0.139. The first-order valence-corrected chi connectivity index (χ1v) is 15.7. The van der Waals surface area contributed by atoms with Gasteiger partial charge in [0.1, 0.15) is 18.9 Å². The van der Waals surface area contributed by atoms with E-state index in [4.69, 9.17) is 23.2 Å². The molecule has 0 radical (unpaired) electrons. The molecule has 36 heavy (non-hydrogen) atoms. The van der Waals surface area contributed by atoms with Crippen molar-refractivity contribution in [3.8, 4) is 5.75 Å². The summed E-state index contributed by atoms with van der Waals surface area (Å²) in [4.78, 5) is 11.8. The molecule has 1 unspecified atom stereocenters. The Kier molecular flexibility index (Phi) is 8.90. The van der Waals surface area contributed by atoms with Gasteiger partial charge in [-0.2, -0.15) is 9.19 Å². The summed E-state index contributed by atoms with van der Waals surface area (Å²) in [6, 6.07) is 8.77. The van der Waals surface area contributed by atoms with Gasteiger partial charge in [0, 0.05) is 46.2 Å². The van der Waals surface area contributed by atoms with Crippen LogP contribution in [0.25, 0.3) is 0 Å². The molecule has 0 aliphatic carbocycles. The number of phenolic OH excluding ortho intramolecular Hbond substituents is 1. The second-order valence-electron chi connectivity index (χ2n) is 8.59. The first-order valence-electron chi connectivity index (χ1n) is 10.8. The fourth-order valence-electron chi connectivity index (χ4n) is 3.56. The smallest absolute Gasteiger partial charge is 0.321 e. The maximum Gasteiger partial charge on any atom is 0.321 e. The van der Waals surface area contributed by atoms with Crippen LogP contribution in [0.5, 0.6) is 5.75 Å². The van der Waals surface area contributed by atoms with Gasteiger partial charge in [0.2, 0.25) is 0 Å². The zero-order chi connectivity index (χ0) is 26.7. The zero-order valence-electron chi connectivity index (χ0n) is 19.6. The third-order valence-electron chi connectivity index (χ3n) is 5.62. The highest BCUT2D eigenvalue weighted by Gasteiger charge is 2.22. The largest absolute Gasteiger partial charge is 0.508 e. The first-order chi connectivity index (χ1) is 16.8. The van der Waals surface area contributed by atoms with Gasteiger partial charge in [0.05, 0.1) is 12.5 Å². The standard InChI is InChI=1S/C23H26Cl2N3O6PS/c1-35(32,18-5-3-4-17(29)11-18)7-6-15-8-20(24)19(21(25)9-15)13-26-22(23(30)31)10-16-12-27-28(14-16)36(2,33)34/h3-5,8-9,11-12,14,22,26,29H,6-7,10,13H2,1-2H3,(H,30,31)/t22-,35?/m0/s1. The number of aliphatic carboxylic acids is 1. The van der Waals surface area contributed by atoms with Crippen molar-refractivity contribution in [3.63, 3.8) is 0 Å². The van der Waals surface area contributed by atoms with Crippen molar-refractivity contribution in [2.45, 2.75) is 25.4 Å². The maximum atomic E-state index is 13.1. The Labute approximate surface area is 219 Å². The lowest BCUT2D eigenvalue weighted by atomic mass is 10.1. The molecule has 194 valence electrons. The van der Waals surface area contributed by atoms with Crippen LogP contribution in [0.3, 0.4) is 0 Å². The molecule has 0 fully saturated rings. The van der Waals surface area contributed by atoms with Crippen molar-refractivity contribution >= 4 is 51.6 Å². The minimum absolute atomic E-state index is 0.000992. The minimum atomic E-state index is -3.57. The highest BCUT2D eigenvalue weighted by Crippen LogP contribution is 2.41. The van der Waals surface area contributed by atoms with E-state index in [1.54, 1.807) is 30.9 Å². The van der Waals surface area contributed by atoms with Crippen LogP contribution in [0.4, 0.5) is 0 Å². The van der Waals surface area contributed by atoms with E-state index in [2.05, 4.69) is 10.4 Å². The van der Waals surface area contributed by atoms with Crippen molar-refractivity contribution in [2.75, 3.05) is 19.1 Å². The summed E-state index contributed by atoms with van der Waals surface area (Å²) < 4.78 is 37.1. The molecule has 0 aliphatic rings. The second kappa shape index (κ2) is 11.4. The van der Waals surface area contributed by atoms with Gasteiger partial charge in [-0.3, -0.25) is 10.1 Å². The number of benzene rings is 2. The number of carboxylic acids is 1. The summed E-state index contributed by atoms with van der Waals surface area (Å²) in [5.41, 5.74) is 1.72. The lowest BCUT2D eigenvalue weighted by Gasteiger charge is -2.17. The number of carbonyl (C=O) groups is 1. The van der Waals surface area contributed by atoms with Crippen LogP contribution in [-0.2, 0) is 38.8 Å². The SMILES string of the molecule is CP(=O)(CCc1cc(Cl)c(CN[C@@H](Cc2cnn(S(C)(=O)=O)c2)C(=O)O)c(Cl)c1)c1cccc(O)c1. The average Bonchev–Trinajstić information content (AvgIpc) is 3.25. The Balaban J connectivity index is 1.67. The van der Waals surface area contributed by atoms with Gasteiger partial charge >= 0.3 is 5.97 Å². The number of nitrogens with one attached hydrogen (secondary N) is 1. The fourth-order valence-corrected chi connectivity index (χ4v) is 6.52. The molecule has 3 aromatic rings. The number of rotatable bonds is 11. The average molecular weight is 574 g/mol. The molecule has 1 aromatic heterocycles. The Hall–Kier alpha value is -2.36. The summed E-state index contributed by atoms with van der Waals surface area (Å²) >= 11 is 12.9. The third kappa shape index (κ3) is 7.33. The summed E-state index contributed by atoms with van der Waals surface area (Å²) in [6.07, 6.45) is 4.36. The van der Waals surface area contributed by atoms with Crippen LogP contribution in [0.15, 0.2) is 48.8 Å². The van der Waals surface area contributed by atoms with Gasteiger partial charge in [-0.25, -0.2) is 8.42 Å². The van der Waals surface area contributed by atoms with E-state index in [-0.39, 0.29) is 18.7 Å². The molecule has 2 atom stereocenters. The number of phenols is 1. The van der Waals surface area contributed by atoms with Crippen LogP contribution in [0.2, 0.25) is 10.0 Å². The van der Waals surface area contributed by atoms with Crippen molar-refractivity contribution < 1.29 is 28.0 Å². The molecule has 13 heteroatoms. The molecule has 0 aliphatic heterocycles. The van der Waals surface area contributed by atoms with Crippen LogP contribution in [0.1, 0.15) is 16.7 Å². The van der Waals surface area contributed by atoms with Crippen molar-refractivity contribution in [2.24, 2.45) is 0 Å². The molecular formula is C23H26Cl2N3O6PS. The highest BCUT2D eigenvalue weighted by atomic mass is 35.5. The van der Waals surface area contributed by atoms with Crippen LogP contribution in [-0.4, -0.2) is 58.9 Å². The van der Waals surface area contributed by atoms with E-state index >= 15 is 0 Å². The Morgan fingerprint density at radius 1 is 1.19 bits per heavy atom. The number of aromatic nitrogens is 2. The topological polar surface area (TPSA) is 139 Å². The summed E-state index contributed by atoms with van der Waals surface area (Å²) in [6.45, 7) is 1.72. The van der Waals surface area contributed by atoms with Gasteiger partial charge in [0.25, 0.3) is 10.0 Å². The number of hydrogen-bond acceptors (Lipinski definition) is 7. The molecule has 0 bridgehead atoms. The predicted molar refractivity (Wildman–Crippen MR) is 141 cm³/mol. The van der Waals surface area contributed by atoms with Crippen LogP contribution < -0.4 is 10.6 Å². The van der Waals surface area contributed by atoms with Gasteiger partial charge in [-0.05, 0) is 48.5 Å². The Morgan fingerprint density at radius 3 is 2.42 bits per heavy atom. The molecule has 0 saturated carbocycles. The van der Waals surface area contributed by atoms with E-state index in [1.807, 2.05) is 0 Å². The molecule has 0 amide bonds. The van der Waals surface area contributed by atoms with Gasteiger partial charge < -0.3 is 14.8 Å². The quantitative estimate of drug-likeness (QED) is 0.297. The molecule has 3 rings (SSSR count). The number of hydrogen-bond donors (Lipinski definition) is 3. The third-order valence-corrected chi connectivity index (χ3v) is 9.62. The fraction of sp³-hybridized carbons (Fsp3) is 0.304. The van der Waals surface area contributed by atoms with Crippen molar-refractivity contribution in [1.29, 1.82) is 0 Å². The molecular weight excluding hydrogens is 548 g/mol. The number of aromatic hydroxyl groups is 1. The predicted octanol–water partition coefficient (Wildman–Crippen LogP) is 3.35. The number of aryl methyl sites for hydroxylation is 1. The number of halogens is 2. The highest BCUT2D eigenvalue weighted by molar-refractivity contribution is 7.89. The van der Waals surface area contributed by atoms with Crippen molar-refractivity contribution in [1.82, 2.24) is 14.5 Å². The first kappa shape index (κ1) is 28.2. The normalized spacial score (nSPS) is 14.3.